The number of unbranched alkanes of at least 4 members (excludes halogenated alkanes) is 2. The van der Waals surface area contributed by atoms with Crippen LogP contribution in [0.2, 0.25) is 0 Å². The van der Waals surface area contributed by atoms with Crippen molar-refractivity contribution in [3.63, 3.8) is 0 Å². The molecule has 2 rings (SSSR count). The summed E-state index contributed by atoms with van der Waals surface area (Å²) in [7, 11) is 0. The maximum atomic E-state index is 12.8. The van der Waals surface area contributed by atoms with Crippen LogP contribution in [0.1, 0.15) is 31.7 Å². The van der Waals surface area contributed by atoms with Gasteiger partial charge in [-0.3, -0.25) is 4.90 Å². The van der Waals surface area contributed by atoms with Crippen LogP contribution in [0.4, 0.5) is 9.18 Å². The van der Waals surface area contributed by atoms with Crippen molar-refractivity contribution >= 4 is 6.03 Å². The molecule has 0 unspecified atom stereocenters. The number of carbonyl (C=O) groups excluding carboxylic acids is 1. The van der Waals surface area contributed by atoms with Crippen LogP contribution < -0.4 is 5.32 Å². The van der Waals surface area contributed by atoms with Crippen molar-refractivity contribution < 1.29 is 9.18 Å². The number of hydrogen-bond acceptors (Lipinski definition) is 2. The van der Waals surface area contributed by atoms with Gasteiger partial charge in [0.2, 0.25) is 0 Å². The van der Waals surface area contributed by atoms with Gasteiger partial charge in [-0.05, 0) is 37.1 Å². The second-order valence-corrected chi connectivity index (χ2v) is 6.14. The third kappa shape index (κ3) is 6.18. The highest BCUT2D eigenvalue weighted by molar-refractivity contribution is 5.74. The molecule has 1 aromatic rings. The zero-order valence-corrected chi connectivity index (χ0v) is 14.1. The van der Waals surface area contributed by atoms with Crippen molar-refractivity contribution in [3.8, 4) is 0 Å². The monoisotopic (exact) mass is 321 g/mol. The van der Waals surface area contributed by atoms with E-state index < -0.39 is 0 Å². The summed E-state index contributed by atoms with van der Waals surface area (Å²) < 4.78 is 12.8. The van der Waals surface area contributed by atoms with Gasteiger partial charge in [0, 0.05) is 32.7 Å². The van der Waals surface area contributed by atoms with Crippen molar-refractivity contribution in [1.82, 2.24) is 15.1 Å². The average molecular weight is 321 g/mol. The molecular weight excluding hydrogens is 293 g/mol. The molecule has 0 aliphatic carbocycles. The molecule has 0 bridgehead atoms. The first-order valence-corrected chi connectivity index (χ1v) is 8.68. The summed E-state index contributed by atoms with van der Waals surface area (Å²) in [6, 6.07) is 6.44. The maximum absolute atomic E-state index is 12.8. The molecule has 0 radical (unpaired) electrons. The lowest BCUT2D eigenvalue weighted by Crippen LogP contribution is -2.52. The molecule has 0 spiro atoms. The minimum Gasteiger partial charge on any atom is -0.338 e. The summed E-state index contributed by atoms with van der Waals surface area (Å²) in [5.74, 6) is -0.227. The van der Waals surface area contributed by atoms with Crippen LogP contribution in [0.15, 0.2) is 24.3 Å². The molecule has 23 heavy (non-hydrogen) atoms. The van der Waals surface area contributed by atoms with Gasteiger partial charge in [0.1, 0.15) is 5.82 Å². The van der Waals surface area contributed by atoms with Gasteiger partial charge in [0.25, 0.3) is 0 Å². The standard InChI is InChI=1S/C18H28FN3O/c1-2-3-4-11-21-12-14-22(15-13-21)18(23)20-10-9-16-5-7-17(19)8-6-16/h5-8H,2-4,9-15H2,1H3,(H,20,23). The minimum atomic E-state index is -0.227. The first-order valence-electron chi connectivity index (χ1n) is 8.68. The van der Waals surface area contributed by atoms with Crippen LogP contribution in [0.25, 0.3) is 0 Å². The van der Waals surface area contributed by atoms with E-state index in [1.54, 1.807) is 12.1 Å². The van der Waals surface area contributed by atoms with E-state index >= 15 is 0 Å². The summed E-state index contributed by atoms with van der Waals surface area (Å²) in [5, 5.41) is 2.96. The number of nitrogens with one attached hydrogen (secondary N) is 1. The second-order valence-electron chi connectivity index (χ2n) is 6.14. The van der Waals surface area contributed by atoms with E-state index in [2.05, 4.69) is 17.1 Å². The Kier molecular flexibility index (Phi) is 7.33. The predicted molar refractivity (Wildman–Crippen MR) is 91.0 cm³/mol. The van der Waals surface area contributed by atoms with Crippen LogP contribution in [0.5, 0.6) is 0 Å². The Hall–Kier alpha value is -1.62. The van der Waals surface area contributed by atoms with Crippen LogP contribution in [-0.2, 0) is 6.42 Å². The number of carbonyl (C=O) groups is 1. The van der Waals surface area contributed by atoms with Crippen LogP contribution in [0, 0.1) is 5.82 Å². The Morgan fingerprint density at radius 3 is 2.48 bits per heavy atom. The summed E-state index contributed by atoms with van der Waals surface area (Å²) in [4.78, 5) is 16.5. The quantitative estimate of drug-likeness (QED) is 0.784. The number of halogens is 1. The molecule has 1 saturated heterocycles. The number of piperazine rings is 1. The molecule has 4 nitrogen and oxygen atoms in total. The number of nitrogens with zero attached hydrogens (tertiary/aromatic N) is 2. The van der Waals surface area contributed by atoms with E-state index in [-0.39, 0.29) is 11.8 Å². The van der Waals surface area contributed by atoms with E-state index in [1.807, 2.05) is 4.90 Å². The molecule has 1 N–H and O–H groups in total. The second kappa shape index (κ2) is 9.50. The maximum Gasteiger partial charge on any atom is 0.317 e. The van der Waals surface area contributed by atoms with E-state index in [0.29, 0.717) is 6.54 Å². The molecule has 0 aromatic heterocycles. The summed E-state index contributed by atoms with van der Waals surface area (Å²) in [6.07, 6.45) is 4.50. The lowest BCUT2D eigenvalue weighted by molar-refractivity contribution is 0.138. The molecular formula is C18H28FN3O. The highest BCUT2D eigenvalue weighted by atomic mass is 19.1. The number of hydrogen-bond donors (Lipinski definition) is 1. The average Bonchev–Trinajstić information content (AvgIpc) is 2.57. The molecule has 0 saturated carbocycles. The fraction of sp³-hybridized carbons (Fsp3) is 0.611. The van der Waals surface area contributed by atoms with Crippen molar-refractivity contribution in [2.24, 2.45) is 0 Å². The highest BCUT2D eigenvalue weighted by Gasteiger charge is 2.20. The van der Waals surface area contributed by atoms with Crippen LogP contribution >= 0.6 is 0 Å². The van der Waals surface area contributed by atoms with Crippen LogP contribution in [0.3, 0.4) is 0 Å². The van der Waals surface area contributed by atoms with E-state index in [4.69, 9.17) is 0 Å². The van der Waals surface area contributed by atoms with E-state index in [0.717, 1.165) is 44.7 Å². The van der Waals surface area contributed by atoms with Gasteiger partial charge in [-0.25, -0.2) is 9.18 Å². The summed E-state index contributed by atoms with van der Waals surface area (Å²) >= 11 is 0. The Labute approximate surface area is 138 Å². The Morgan fingerprint density at radius 2 is 1.83 bits per heavy atom. The Morgan fingerprint density at radius 1 is 1.13 bits per heavy atom. The van der Waals surface area contributed by atoms with Crippen molar-refractivity contribution in [2.75, 3.05) is 39.3 Å². The zero-order valence-electron chi connectivity index (χ0n) is 14.1. The molecule has 1 aliphatic heterocycles. The lowest BCUT2D eigenvalue weighted by atomic mass is 10.1. The minimum absolute atomic E-state index is 0.0142. The van der Waals surface area contributed by atoms with Gasteiger partial charge in [0.15, 0.2) is 0 Å². The van der Waals surface area contributed by atoms with Crippen molar-refractivity contribution in [3.05, 3.63) is 35.6 Å². The highest BCUT2D eigenvalue weighted by Crippen LogP contribution is 2.06. The Balaban J connectivity index is 1.62. The van der Waals surface area contributed by atoms with E-state index in [9.17, 15) is 9.18 Å². The number of urea groups is 1. The van der Waals surface area contributed by atoms with Gasteiger partial charge < -0.3 is 10.2 Å². The Bertz CT molecular complexity index is 470. The van der Waals surface area contributed by atoms with Gasteiger partial charge in [-0.2, -0.15) is 0 Å². The van der Waals surface area contributed by atoms with Crippen LogP contribution in [-0.4, -0.2) is 55.1 Å². The number of rotatable bonds is 7. The molecule has 2 amide bonds. The van der Waals surface area contributed by atoms with Gasteiger partial charge in [0.05, 0.1) is 0 Å². The number of benzene rings is 1. The normalized spacial score (nSPS) is 15.7. The third-order valence-corrected chi connectivity index (χ3v) is 4.34. The molecule has 1 heterocycles. The van der Waals surface area contributed by atoms with Crippen molar-refractivity contribution in [1.29, 1.82) is 0 Å². The molecule has 1 aromatic carbocycles. The van der Waals surface area contributed by atoms with Gasteiger partial charge in [-0.1, -0.05) is 31.9 Å². The molecule has 5 heteroatoms. The molecule has 1 aliphatic rings. The van der Waals surface area contributed by atoms with E-state index in [1.165, 1.54) is 31.4 Å². The fourth-order valence-electron chi connectivity index (χ4n) is 2.84. The topological polar surface area (TPSA) is 35.6 Å². The van der Waals surface area contributed by atoms with Gasteiger partial charge in [-0.15, -0.1) is 0 Å². The number of amides is 2. The zero-order chi connectivity index (χ0) is 16.5. The van der Waals surface area contributed by atoms with Gasteiger partial charge >= 0.3 is 6.03 Å². The smallest absolute Gasteiger partial charge is 0.317 e. The first-order chi connectivity index (χ1) is 11.2. The molecule has 1 fully saturated rings. The summed E-state index contributed by atoms with van der Waals surface area (Å²) in [5.41, 5.74) is 1.03. The largest absolute Gasteiger partial charge is 0.338 e. The first kappa shape index (κ1) is 17.7. The fourth-order valence-corrected chi connectivity index (χ4v) is 2.84. The summed E-state index contributed by atoms with van der Waals surface area (Å²) in [6.45, 7) is 7.48. The predicted octanol–water partition coefficient (Wildman–Crippen LogP) is 2.89. The SMILES string of the molecule is CCCCCN1CCN(C(=O)NCCc2ccc(F)cc2)CC1. The third-order valence-electron chi connectivity index (χ3n) is 4.34. The molecule has 0 atom stereocenters. The van der Waals surface area contributed by atoms with Crippen molar-refractivity contribution in [2.45, 2.75) is 32.6 Å². The lowest BCUT2D eigenvalue weighted by Gasteiger charge is -2.34. The molecule has 128 valence electrons.